The molecule has 0 aromatic heterocycles. The first-order valence-corrected chi connectivity index (χ1v) is 11.5. The van der Waals surface area contributed by atoms with E-state index in [-0.39, 0.29) is 25.7 Å². The number of aliphatic hydroxyl groups excluding tert-OH is 1. The van der Waals surface area contributed by atoms with Crippen molar-refractivity contribution in [2.45, 2.75) is 59.9 Å². The molecular formula is C26H34N2O6. The normalized spacial score (nSPS) is 16.1. The molecule has 1 saturated heterocycles. The van der Waals surface area contributed by atoms with Gasteiger partial charge in [0.05, 0.1) is 26.3 Å². The summed E-state index contributed by atoms with van der Waals surface area (Å²) in [6, 6.07) is 10.8. The minimum atomic E-state index is -1.13. The van der Waals surface area contributed by atoms with Crippen molar-refractivity contribution in [3.05, 3.63) is 53.1 Å². The molecule has 2 aromatic rings. The lowest BCUT2D eigenvalue weighted by molar-refractivity contribution is -0.158. The molecule has 1 atom stereocenters. The molecule has 3 rings (SSSR count). The number of aliphatic hydroxyl groups is 1. The molecule has 1 fully saturated rings. The number of β-amino-alcohol motifs (C(OH)–C–C–N with tert-alkyl or cyclic N) is 1. The highest BCUT2D eigenvalue weighted by Crippen LogP contribution is 2.31. The third-order valence-electron chi connectivity index (χ3n) is 5.64. The summed E-state index contributed by atoms with van der Waals surface area (Å²) in [6.45, 7) is 12.1. The molecule has 8 heteroatoms. The van der Waals surface area contributed by atoms with Crippen molar-refractivity contribution in [3.63, 3.8) is 0 Å². The summed E-state index contributed by atoms with van der Waals surface area (Å²) < 4.78 is 16.6. The van der Waals surface area contributed by atoms with Crippen molar-refractivity contribution >= 4 is 17.7 Å². The van der Waals surface area contributed by atoms with E-state index in [4.69, 9.17) is 14.2 Å². The standard InChI is InChI=1S/C26H34N2O6/c1-7-32-21-11-9-20(10-12-21)27-16-22(29)28(25(27)31)15-19-13-17(3)23(18(4)14-19)34-26(5,6)24(30)33-8-2/h9-14,22,29H,7-8,15-16H2,1-6H3. The van der Waals surface area contributed by atoms with E-state index in [0.29, 0.717) is 18.0 Å². The fourth-order valence-electron chi connectivity index (χ4n) is 3.99. The van der Waals surface area contributed by atoms with E-state index in [1.165, 1.54) is 4.90 Å². The average Bonchev–Trinajstić information content (AvgIpc) is 3.05. The number of carbonyl (C=O) groups excluding carboxylic acids is 2. The van der Waals surface area contributed by atoms with Crippen LogP contribution in [0.3, 0.4) is 0 Å². The van der Waals surface area contributed by atoms with Crippen LogP contribution in [-0.2, 0) is 16.1 Å². The predicted octanol–water partition coefficient (Wildman–Crippen LogP) is 4.18. The van der Waals surface area contributed by atoms with Gasteiger partial charge in [0.1, 0.15) is 17.7 Å². The number of esters is 1. The second-order valence-corrected chi connectivity index (χ2v) is 8.82. The number of amides is 2. The van der Waals surface area contributed by atoms with E-state index >= 15 is 0 Å². The zero-order valence-electron chi connectivity index (χ0n) is 20.8. The van der Waals surface area contributed by atoms with Crippen LogP contribution in [0.2, 0.25) is 0 Å². The predicted molar refractivity (Wildman–Crippen MR) is 129 cm³/mol. The van der Waals surface area contributed by atoms with Gasteiger partial charge in [-0.2, -0.15) is 0 Å². The Bertz CT molecular complexity index is 1010. The van der Waals surface area contributed by atoms with Crippen molar-refractivity contribution in [1.29, 1.82) is 0 Å². The van der Waals surface area contributed by atoms with Gasteiger partial charge in [-0.15, -0.1) is 0 Å². The molecule has 2 amide bonds. The van der Waals surface area contributed by atoms with Gasteiger partial charge in [0.25, 0.3) is 0 Å². The highest BCUT2D eigenvalue weighted by Gasteiger charge is 2.37. The van der Waals surface area contributed by atoms with E-state index in [0.717, 1.165) is 22.4 Å². The van der Waals surface area contributed by atoms with Gasteiger partial charge in [0.2, 0.25) is 0 Å². The Balaban J connectivity index is 1.75. The number of urea groups is 1. The largest absolute Gasteiger partial charge is 0.494 e. The van der Waals surface area contributed by atoms with Crippen LogP contribution < -0.4 is 14.4 Å². The maximum atomic E-state index is 13.1. The number of nitrogens with zero attached hydrogens (tertiary/aromatic N) is 2. The Morgan fingerprint density at radius 3 is 2.26 bits per heavy atom. The summed E-state index contributed by atoms with van der Waals surface area (Å²) in [6.07, 6.45) is -0.932. The summed E-state index contributed by atoms with van der Waals surface area (Å²) in [5.41, 5.74) is 2.09. The minimum absolute atomic E-state index is 0.180. The van der Waals surface area contributed by atoms with Gasteiger partial charge in [-0.1, -0.05) is 12.1 Å². The van der Waals surface area contributed by atoms with Crippen molar-refractivity contribution in [2.75, 3.05) is 24.7 Å². The number of benzene rings is 2. The van der Waals surface area contributed by atoms with E-state index in [2.05, 4.69) is 0 Å². The molecule has 0 saturated carbocycles. The summed E-state index contributed by atoms with van der Waals surface area (Å²) in [7, 11) is 0. The van der Waals surface area contributed by atoms with Gasteiger partial charge in [0, 0.05) is 5.69 Å². The summed E-state index contributed by atoms with van der Waals surface area (Å²) in [5, 5.41) is 10.6. The number of ether oxygens (including phenoxy) is 3. The van der Waals surface area contributed by atoms with Crippen LogP contribution in [0, 0.1) is 13.8 Å². The molecule has 34 heavy (non-hydrogen) atoms. The molecule has 1 unspecified atom stereocenters. The number of anilines is 1. The van der Waals surface area contributed by atoms with Gasteiger partial charge < -0.3 is 19.3 Å². The first kappa shape index (κ1) is 25.4. The SMILES string of the molecule is CCOC(=O)C(C)(C)Oc1c(C)cc(CN2C(=O)N(c3ccc(OCC)cc3)CC2O)cc1C. The fourth-order valence-corrected chi connectivity index (χ4v) is 3.99. The molecule has 1 N–H and O–H groups in total. The number of aryl methyl sites for hydroxylation is 2. The first-order chi connectivity index (χ1) is 16.1. The van der Waals surface area contributed by atoms with Crippen LogP contribution in [-0.4, -0.2) is 53.6 Å². The Kier molecular flexibility index (Phi) is 7.71. The number of hydrogen-bond acceptors (Lipinski definition) is 6. The minimum Gasteiger partial charge on any atom is -0.494 e. The molecule has 2 aromatic carbocycles. The van der Waals surface area contributed by atoms with E-state index < -0.39 is 17.8 Å². The Hall–Kier alpha value is -3.26. The van der Waals surface area contributed by atoms with E-state index in [1.54, 1.807) is 25.7 Å². The third kappa shape index (κ3) is 5.44. The Morgan fingerprint density at radius 1 is 1.09 bits per heavy atom. The lowest BCUT2D eigenvalue weighted by atomic mass is 10.0. The summed E-state index contributed by atoms with van der Waals surface area (Å²) in [4.78, 5) is 28.3. The average molecular weight is 471 g/mol. The first-order valence-electron chi connectivity index (χ1n) is 11.5. The molecule has 0 spiro atoms. The maximum absolute atomic E-state index is 13.1. The van der Waals surface area contributed by atoms with E-state index in [9.17, 15) is 14.7 Å². The molecule has 0 aliphatic carbocycles. The fraction of sp³-hybridized carbons (Fsp3) is 0.462. The third-order valence-corrected chi connectivity index (χ3v) is 5.64. The quantitative estimate of drug-likeness (QED) is 0.553. The number of carbonyl (C=O) groups is 2. The van der Waals surface area contributed by atoms with Crippen LogP contribution >= 0.6 is 0 Å². The Labute approximate surface area is 201 Å². The second-order valence-electron chi connectivity index (χ2n) is 8.82. The molecule has 8 nitrogen and oxygen atoms in total. The van der Waals surface area contributed by atoms with Crippen LogP contribution in [0.15, 0.2) is 36.4 Å². The van der Waals surface area contributed by atoms with Gasteiger partial charge in [-0.05, 0) is 82.5 Å². The zero-order chi connectivity index (χ0) is 25.0. The highest BCUT2D eigenvalue weighted by molar-refractivity contribution is 5.94. The monoisotopic (exact) mass is 470 g/mol. The smallest absolute Gasteiger partial charge is 0.349 e. The van der Waals surface area contributed by atoms with Crippen molar-refractivity contribution in [3.8, 4) is 11.5 Å². The van der Waals surface area contributed by atoms with Crippen molar-refractivity contribution in [2.24, 2.45) is 0 Å². The van der Waals surface area contributed by atoms with Gasteiger partial charge in [-0.25, -0.2) is 9.59 Å². The van der Waals surface area contributed by atoms with Gasteiger partial charge in [-0.3, -0.25) is 9.80 Å². The van der Waals surface area contributed by atoms with Gasteiger partial charge >= 0.3 is 12.0 Å². The van der Waals surface area contributed by atoms with Crippen molar-refractivity contribution in [1.82, 2.24) is 4.90 Å². The number of rotatable bonds is 9. The summed E-state index contributed by atoms with van der Waals surface area (Å²) >= 11 is 0. The molecule has 0 radical (unpaired) electrons. The lowest BCUT2D eigenvalue weighted by Gasteiger charge is -2.27. The molecule has 1 heterocycles. The lowest BCUT2D eigenvalue weighted by Crippen LogP contribution is -2.40. The Morgan fingerprint density at radius 2 is 1.71 bits per heavy atom. The molecule has 1 aliphatic rings. The van der Waals surface area contributed by atoms with Crippen LogP contribution in [0.25, 0.3) is 0 Å². The van der Waals surface area contributed by atoms with Crippen LogP contribution in [0.5, 0.6) is 11.5 Å². The molecule has 1 aliphatic heterocycles. The summed E-state index contributed by atoms with van der Waals surface area (Å²) in [5.74, 6) is 0.902. The molecular weight excluding hydrogens is 436 g/mol. The van der Waals surface area contributed by atoms with Crippen molar-refractivity contribution < 1.29 is 28.9 Å². The zero-order valence-corrected chi connectivity index (χ0v) is 20.8. The maximum Gasteiger partial charge on any atom is 0.349 e. The second kappa shape index (κ2) is 10.3. The van der Waals surface area contributed by atoms with E-state index in [1.807, 2.05) is 57.2 Å². The topological polar surface area (TPSA) is 88.5 Å². The van der Waals surface area contributed by atoms with Crippen LogP contribution in [0.4, 0.5) is 10.5 Å². The molecule has 0 bridgehead atoms. The number of hydrogen-bond donors (Lipinski definition) is 1. The van der Waals surface area contributed by atoms with Crippen LogP contribution in [0.1, 0.15) is 44.4 Å². The molecule has 184 valence electrons. The highest BCUT2D eigenvalue weighted by atomic mass is 16.6. The van der Waals surface area contributed by atoms with Gasteiger partial charge in [0.15, 0.2) is 5.60 Å².